The van der Waals surface area contributed by atoms with Crippen molar-refractivity contribution >= 4 is 6.08 Å². The molecule has 3 aromatic rings. The van der Waals surface area contributed by atoms with Crippen molar-refractivity contribution in [3.8, 4) is 23.0 Å². The van der Waals surface area contributed by atoms with Crippen LogP contribution >= 0.6 is 0 Å². The van der Waals surface area contributed by atoms with Crippen LogP contribution in [0.25, 0.3) is 17.2 Å². The van der Waals surface area contributed by atoms with Crippen molar-refractivity contribution in [2.75, 3.05) is 0 Å². The average molecular weight is 490 g/mol. The molecule has 3 rings (SSSR count). The van der Waals surface area contributed by atoms with Gasteiger partial charge in [-0.05, 0) is 59.9 Å². The topological polar surface area (TPSA) is 0 Å². The Labute approximate surface area is 199 Å². The van der Waals surface area contributed by atoms with Gasteiger partial charge in [-0.1, -0.05) is 55.9 Å². The highest BCUT2D eigenvalue weighted by molar-refractivity contribution is 5.65. The van der Waals surface area contributed by atoms with Crippen LogP contribution in [0.1, 0.15) is 48.4 Å². The molecule has 3 aromatic carbocycles. The van der Waals surface area contributed by atoms with Gasteiger partial charge in [0.15, 0.2) is 0 Å². The number of aryl methyl sites for hydroxylation is 1. The van der Waals surface area contributed by atoms with Gasteiger partial charge in [-0.2, -0.15) is 13.2 Å². The molecule has 7 heteroatoms. The van der Waals surface area contributed by atoms with Crippen LogP contribution in [-0.2, 0) is 6.42 Å². The van der Waals surface area contributed by atoms with E-state index < -0.39 is 40.6 Å². The summed E-state index contributed by atoms with van der Waals surface area (Å²) in [7, 11) is 0. The van der Waals surface area contributed by atoms with E-state index in [1.165, 1.54) is 0 Å². The van der Waals surface area contributed by atoms with Gasteiger partial charge < -0.3 is 0 Å². The second-order valence-corrected chi connectivity index (χ2v) is 7.95. The molecular formula is C28H21F7. The zero-order valence-corrected chi connectivity index (χ0v) is 18.7. The largest absolute Gasteiger partial charge is 0.409 e. The molecule has 0 bridgehead atoms. The first-order chi connectivity index (χ1) is 16.6. The number of rotatable bonds is 6. The standard InChI is InChI=1S/C28H21F7/c1-2-3-4-5-18-6-9-20(10-7-18)21-16-26(31)22(27(32)17-21)11-8-19-14-24(29)23(25(30)15-19)12-13-28(33,34)35/h6-7,9-10,12-17H,2-5H2,1H3/b13-12+. The maximum absolute atomic E-state index is 14.6. The van der Waals surface area contributed by atoms with E-state index in [-0.39, 0.29) is 17.7 Å². The second kappa shape index (κ2) is 11.3. The van der Waals surface area contributed by atoms with Crippen LogP contribution in [0.5, 0.6) is 0 Å². The third-order valence-electron chi connectivity index (χ3n) is 5.25. The summed E-state index contributed by atoms with van der Waals surface area (Å²) in [5, 5.41) is 0. The molecule has 0 atom stereocenters. The normalized spacial score (nSPS) is 11.5. The van der Waals surface area contributed by atoms with Gasteiger partial charge in [0.2, 0.25) is 0 Å². The van der Waals surface area contributed by atoms with Gasteiger partial charge in [0, 0.05) is 17.2 Å². The first-order valence-corrected chi connectivity index (χ1v) is 10.9. The molecule has 0 N–H and O–H groups in total. The van der Waals surface area contributed by atoms with Crippen molar-refractivity contribution in [2.45, 2.75) is 38.8 Å². The number of benzene rings is 3. The first kappa shape index (κ1) is 26.1. The Hall–Kier alpha value is -3.53. The molecule has 0 saturated carbocycles. The molecule has 0 fully saturated rings. The van der Waals surface area contributed by atoms with Crippen molar-refractivity contribution in [2.24, 2.45) is 0 Å². The zero-order valence-electron chi connectivity index (χ0n) is 18.7. The third kappa shape index (κ3) is 7.22. The lowest BCUT2D eigenvalue weighted by atomic mass is 9.99. The van der Waals surface area contributed by atoms with Crippen LogP contribution in [0.3, 0.4) is 0 Å². The summed E-state index contributed by atoms with van der Waals surface area (Å²) in [4.78, 5) is 0. The van der Waals surface area contributed by atoms with Gasteiger partial charge >= 0.3 is 6.18 Å². The maximum atomic E-state index is 14.6. The molecule has 0 aliphatic heterocycles. The summed E-state index contributed by atoms with van der Waals surface area (Å²) in [6.45, 7) is 2.12. The number of halogens is 7. The molecule has 35 heavy (non-hydrogen) atoms. The van der Waals surface area contributed by atoms with E-state index in [9.17, 15) is 30.7 Å². The average Bonchev–Trinajstić information content (AvgIpc) is 2.78. The fourth-order valence-electron chi connectivity index (χ4n) is 3.43. The summed E-state index contributed by atoms with van der Waals surface area (Å²) in [6.07, 6.45) is -0.557. The second-order valence-electron chi connectivity index (χ2n) is 7.95. The molecule has 0 saturated heterocycles. The highest BCUT2D eigenvalue weighted by Gasteiger charge is 2.22. The minimum Gasteiger partial charge on any atom is -0.206 e. The minimum absolute atomic E-state index is 0.262. The van der Waals surface area contributed by atoms with E-state index >= 15 is 0 Å². The predicted molar refractivity (Wildman–Crippen MR) is 122 cm³/mol. The highest BCUT2D eigenvalue weighted by atomic mass is 19.4. The first-order valence-electron chi connectivity index (χ1n) is 10.9. The van der Waals surface area contributed by atoms with Gasteiger partial charge in [0.25, 0.3) is 0 Å². The predicted octanol–water partition coefficient (Wildman–Crippen LogP) is 8.62. The van der Waals surface area contributed by atoms with Gasteiger partial charge in [0.05, 0.1) is 5.56 Å². The highest BCUT2D eigenvalue weighted by Crippen LogP contribution is 2.26. The lowest BCUT2D eigenvalue weighted by Crippen LogP contribution is -2.01. The monoisotopic (exact) mass is 490 g/mol. The SMILES string of the molecule is CCCCCc1ccc(-c2cc(F)c(C#Cc3cc(F)c(/C=C/C(F)(F)F)c(F)c3)c(F)c2)cc1. The van der Waals surface area contributed by atoms with Crippen molar-refractivity contribution in [3.63, 3.8) is 0 Å². The van der Waals surface area contributed by atoms with Crippen molar-refractivity contribution in [3.05, 3.63) is 100 Å². The number of unbranched alkanes of at least 4 members (excludes halogenated alkanes) is 2. The van der Waals surface area contributed by atoms with Crippen LogP contribution in [0, 0.1) is 35.1 Å². The summed E-state index contributed by atoms with van der Waals surface area (Å²) in [6, 6.07) is 11.0. The van der Waals surface area contributed by atoms with Crippen LogP contribution in [0.15, 0.2) is 54.6 Å². The van der Waals surface area contributed by atoms with Crippen LogP contribution < -0.4 is 0 Å². The fraction of sp³-hybridized carbons (Fsp3) is 0.214. The molecule has 182 valence electrons. The van der Waals surface area contributed by atoms with Gasteiger partial charge in [-0.15, -0.1) is 0 Å². The molecule has 0 amide bonds. The van der Waals surface area contributed by atoms with Gasteiger partial charge in [0.1, 0.15) is 23.3 Å². The van der Waals surface area contributed by atoms with Crippen LogP contribution in [0.2, 0.25) is 0 Å². The zero-order chi connectivity index (χ0) is 25.6. The summed E-state index contributed by atoms with van der Waals surface area (Å²) in [5.74, 6) is -0.0112. The van der Waals surface area contributed by atoms with E-state index in [4.69, 9.17) is 0 Å². The summed E-state index contributed by atoms with van der Waals surface area (Å²) < 4.78 is 94.1. The van der Waals surface area contributed by atoms with E-state index in [2.05, 4.69) is 18.8 Å². The number of hydrogen-bond donors (Lipinski definition) is 0. The molecule has 0 aliphatic carbocycles. The van der Waals surface area contributed by atoms with Crippen LogP contribution in [0.4, 0.5) is 30.7 Å². The fourth-order valence-corrected chi connectivity index (χ4v) is 3.43. The van der Waals surface area contributed by atoms with E-state index in [1.54, 1.807) is 12.1 Å². The minimum atomic E-state index is -4.74. The molecule has 0 aromatic heterocycles. The Kier molecular flexibility index (Phi) is 8.39. The Bertz CT molecular complexity index is 1230. The van der Waals surface area contributed by atoms with E-state index in [0.29, 0.717) is 23.3 Å². The molecule has 0 nitrogen and oxygen atoms in total. The van der Waals surface area contributed by atoms with E-state index in [1.807, 2.05) is 12.1 Å². The number of alkyl halides is 3. The van der Waals surface area contributed by atoms with Gasteiger partial charge in [-0.25, -0.2) is 17.6 Å². The summed E-state index contributed by atoms with van der Waals surface area (Å²) in [5.41, 5.74) is 0.283. The van der Waals surface area contributed by atoms with Crippen molar-refractivity contribution < 1.29 is 30.7 Å². The smallest absolute Gasteiger partial charge is 0.206 e. The molecule has 0 aliphatic rings. The molecule has 0 spiro atoms. The lowest BCUT2D eigenvalue weighted by Gasteiger charge is -2.07. The summed E-state index contributed by atoms with van der Waals surface area (Å²) >= 11 is 0. The number of hydrogen-bond acceptors (Lipinski definition) is 0. The molecule has 0 radical (unpaired) electrons. The van der Waals surface area contributed by atoms with Crippen molar-refractivity contribution in [1.29, 1.82) is 0 Å². The van der Waals surface area contributed by atoms with Crippen molar-refractivity contribution in [1.82, 2.24) is 0 Å². The Morgan fingerprint density at radius 3 is 1.89 bits per heavy atom. The molecule has 0 heterocycles. The third-order valence-corrected chi connectivity index (χ3v) is 5.25. The van der Waals surface area contributed by atoms with E-state index in [0.717, 1.165) is 43.4 Å². The Morgan fingerprint density at radius 2 is 1.34 bits per heavy atom. The Morgan fingerprint density at radius 1 is 0.743 bits per heavy atom. The van der Waals surface area contributed by atoms with Gasteiger partial charge in [-0.3, -0.25) is 0 Å². The molecular weight excluding hydrogens is 469 g/mol. The number of allylic oxidation sites excluding steroid dienone is 1. The van der Waals surface area contributed by atoms with Crippen LogP contribution in [-0.4, -0.2) is 6.18 Å². The lowest BCUT2D eigenvalue weighted by molar-refractivity contribution is -0.0790. The maximum Gasteiger partial charge on any atom is 0.409 e. The Balaban J connectivity index is 1.83. The quantitative estimate of drug-likeness (QED) is 0.184. The molecule has 0 unspecified atom stereocenters.